The van der Waals surface area contributed by atoms with Crippen molar-refractivity contribution >= 4 is 0 Å². The van der Waals surface area contributed by atoms with E-state index in [4.69, 9.17) is 9.72 Å². The highest BCUT2D eigenvalue weighted by Crippen LogP contribution is 2.49. The number of ether oxygens (including phenoxy) is 1. The van der Waals surface area contributed by atoms with Gasteiger partial charge >= 0.3 is 0 Å². The van der Waals surface area contributed by atoms with Crippen LogP contribution in [0, 0.1) is 5.41 Å². The lowest BCUT2D eigenvalue weighted by molar-refractivity contribution is -0.124. The van der Waals surface area contributed by atoms with Crippen LogP contribution in [0.2, 0.25) is 0 Å². The summed E-state index contributed by atoms with van der Waals surface area (Å²) in [6.07, 6.45) is 12.3. The highest BCUT2D eigenvalue weighted by Gasteiger charge is 2.45. The van der Waals surface area contributed by atoms with Crippen molar-refractivity contribution in [3.63, 3.8) is 0 Å². The van der Waals surface area contributed by atoms with E-state index in [-0.39, 0.29) is 16.6 Å². The van der Waals surface area contributed by atoms with E-state index >= 15 is 0 Å². The van der Waals surface area contributed by atoms with Crippen LogP contribution in [-0.4, -0.2) is 39.7 Å². The molecule has 0 N–H and O–H groups in total. The molecule has 2 aromatic rings. The normalized spacial score (nSPS) is 28.1. The summed E-state index contributed by atoms with van der Waals surface area (Å²) in [4.78, 5) is 21.4. The molecule has 1 unspecified atom stereocenters. The molecule has 0 bridgehead atoms. The number of piperidine rings is 1. The van der Waals surface area contributed by atoms with E-state index < -0.39 is 0 Å². The van der Waals surface area contributed by atoms with Gasteiger partial charge in [-0.15, -0.1) is 0 Å². The van der Waals surface area contributed by atoms with Gasteiger partial charge < -0.3 is 4.74 Å². The summed E-state index contributed by atoms with van der Waals surface area (Å²) in [6.45, 7) is 8.02. The fourth-order valence-electron chi connectivity index (χ4n) is 7.65. The van der Waals surface area contributed by atoms with Crippen molar-refractivity contribution in [1.82, 2.24) is 14.5 Å². The smallest absolute Gasteiger partial charge is 0.262 e. The van der Waals surface area contributed by atoms with Crippen LogP contribution in [-0.2, 0) is 23.2 Å². The molecule has 5 heteroatoms. The summed E-state index contributed by atoms with van der Waals surface area (Å²) in [5.41, 5.74) is 4.84. The Labute approximate surface area is 197 Å². The van der Waals surface area contributed by atoms with Gasteiger partial charge in [0.05, 0.1) is 29.9 Å². The standard InChI is InChI=1S/C28H37N3O2/c1-26(2)17-27(13-15-33-26)10-7-14-30(18-27)20-31-19-29-24-23(25(31)32)22-9-4-3-8-21(22)16-28(24)11-5-6-12-28/h3-4,8-9,19H,5-7,10-18,20H2,1-2H3. The topological polar surface area (TPSA) is 47.4 Å². The molecule has 3 heterocycles. The van der Waals surface area contributed by atoms with Gasteiger partial charge in [-0.05, 0) is 81.9 Å². The molecular weight excluding hydrogens is 410 g/mol. The van der Waals surface area contributed by atoms with Crippen LogP contribution in [0.3, 0.4) is 0 Å². The summed E-state index contributed by atoms with van der Waals surface area (Å²) in [5, 5.41) is 0. The molecule has 4 aliphatic rings. The van der Waals surface area contributed by atoms with Crippen molar-refractivity contribution in [2.75, 3.05) is 19.7 Å². The third kappa shape index (κ3) is 3.68. The molecule has 2 spiro atoms. The maximum Gasteiger partial charge on any atom is 0.262 e. The minimum absolute atomic E-state index is 0.0508. The molecule has 3 fully saturated rings. The molecule has 2 aliphatic carbocycles. The average molecular weight is 448 g/mol. The first kappa shape index (κ1) is 21.5. The van der Waals surface area contributed by atoms with E-state index in [0.717, 1.165) is 68.6 Å². The first-order chi connectivity index (χ1) is 15.9. The summed E-state index contributed by atoms with van der Waals surface area (Å²) >= 11 is 0. The third-order valence-electron chi connectivity index (χ3n) is 8.94. The first-order valence-corrected chi connectivity index (χ1v) is 12.9. The first-order valence-electron chi connectivity index (χ1n) is 12.9. The molecule has 176 valence electrons. The second-order valence-electron chi connectivity index (χ2n) is 11.9. The summed E-state index contributed by atoms with van der Waals surface area (Å²) in [7, 11) is 0. The van der Waals surface area contributed by atoms with E-state index in [0.29, 0.717) is 12.1 Å². The predicted octanol–water partition coefficient (Wildman–Crippen LogP) is 4.91. The second kappa shape index (κ2) is 7.78. The molecule has 1 saturated carbocycles. The van der Waals surface area contributed by atoms with Gasteiger partial charge in [0.1, 0.15) is 0 Å². The number of hydrogen-bond donors (Lipinski definition) is 0. The molecule has 2 aliphatic heterocycles. The van der Waals surface area contributed by atoms with Crippen molar-refractivity contribution in [1.29, 1.82) is 0 Å². The lowest BCUT2D eigenvalue weighted by Gasteiger charge is -2.50. The van der Waals surface area contributed by atoms with Gasteiger partial charge in [0, 0.05) is 18.6 Å². The minimum Gasteiger partial charge on any atom is -0.376 e. The predicted molar refractivity (Wildman–Crippen MR) is 130 cm³/mol. The molecule has 1 atom stereocenters. The molecule has 1 aromatic carbocycles. The van der Waals surface area contributed by atoms with E-state index in [9.17, 15) is 4.79 Å². The van der Waals surface area contributed by atoms with E-state index in [2.05, 4.69) is 43.0 Å². The summed E-state index contributed by atoms with van der Waals surface area (Å²) < 4.78 is 7.91. The molecule has 6 rings (SSSR count). The number of hydrogen-bond acceptors (Lipinski definition) is 4. The summed E-state index contributed by atoms with van der Waals surface area (Å²) in [6, 6.07) is 8.52. The van der Waals surface area contributed by atoms with E-state index in [1.165, 1.54) is 31.2 Å². The molecule has 0 radical (unpaired) electrons. The molecule has 0 amide bonds. The maximum absolute atomic E-state index is 13.9. The van der Waals surface area contributed by atoms with E-state index in [1.807, 2.05) is 10.9 Å². The van der Waals surface area contributed by atoms with Gasteiger partial charge in [0.15, 0.2) is 0 Å². The van der Waals surface area contributed by atoms with Crippen LogP contribution in [0.15, 0.2) is 35.4 Å². The number of aromatic nitrogens is 2. The molecule has 2 saturated heterocycles. The summed E-state index contributed by atoms with van der Waals surface area (Å²) in [5.74, 6) is 0. The van der Waals surface area contributed by atoms with Crippen molar-refractivity contribution in [3.05, 3.63) is 52.2 Å². The highest BCUT2D eigenvalue weighted by molar-refractivity contribution is 5.73. The van der Waals surface area contributed by atoms with Gasteiger partial charge in [0.2, 0.25) is 0 Å². The van der Waals surface area contributed by atoms with Gasteiger partial charge in [-0.3, -0.25) is 14.3 Å². The number of benzene rings is 1. The Morgan fingerprint density at radius 3 is 2.70 bits per heavy atom. The van der Waals surface area contributed by atoms with Crippen LogP contribution in [0.5, 0.6) is 0 Å². The Balaban J connectivity index is 1.34. The van der Waals surface area contributed by atoms with Crippen molar-refractivity contribution in [3.8, 4) is 11.1 Å². The van der Waals surface area contributed by atoms with Crippen LogP contribution in [0.4, 0.5) is 0 Å². The number of fused-ring (bicyclic) bond motifs is 4. The van der Waals surface area contributed by atoms with Crippen molar-refractivity contribution in [2.24, 2.45) is 5.41 Å². The number of likely N-dealkylation sites (tertiary alicyclic amines) is 1. The van der Waals surface area contributed by atoms with Crippen LogP contribution in [0.1, 0.15) is 76.5 Å². The Bertz CT molecular complexity index is 1110. The zero-order valence-electron chi connectivity index (χ0n) is 20.2. The molecular formula is C28H37N3O2. The third-order valence-corrected chi connectivity index (χ3v) is 8.94. The molecule has 5 nitrogen and oxygen atoms in total. The molecule has 33 heavy (non-hydrogen) atoms. The van der Waals surface area contributed by atoms with Gasteiger partial charge in [-0.1, -0.05) is 37.1 Å². The minimum atomic E-state index is -0.0508. The fraction of sp³-hybridized carbons (Fsp3) is 0.643. The SMILES string of the molecule is CC1(C)CC2(CCCN(Cn3cnc4c(c3=O)-c3ccccc3CC43CCCC3)C2)CCO1. The average Bonchev–Trinajstić information content (AvgIpc) is 3.23. The quantitative estimate of drug-likeness (QED) is 0.657. The van der Waals surface area contributed by atoms with Gasteiger partial charge in [0.25, 0.3) is 5.56 Å². The number of rotatable bonds is 2. The zero-order valence-corrected chi connectivity index (χ0v) is 20.2. The van der Waals surface area contributed by atoms with Crippen LogP contribution < -0.4 is 5.56 Å². The largest absolute Gasteiger partial charge is 0.376 e. The van der Waals surface area contributed by atoms with Crippen LogP contribution >= 0.6 is 0 Å². The Kier molecular flexibility index (Phi) is 5.08. The lowest BCUT2D eigenvalue weighted by Crippen LogP contribution is -2.51. The Morgan fingerprint density at radius 2 is 1.88 bits per heavy atom. The lowest BCUT2D eigenvalue weighted by atomic mass is 9.69. The molecule has 1 aromatic heterocycles. The number of nitrogens with zero attached hydrogens (tertiary/aromatic N) is 3. The Morgan fingerprint density at radius 1 is 1.06 bits per heavy atom. The van der Waals surface area contributed by atoms with Gasteiger partial charge in [-0.25, -0.2) is 4.98 Å². The van der Waals surface area contributed by atoms with Gasteiger partial charge in [-0.2, -0.15) is 0 Å². The fourth-order valence-corrected chi connectivity index (χ4v) is 7.65. The monoisotopic (exact) mass is 447 g/mol. The van der Waals surface area contributed by atoms with Crippen molar-refractivity contribution in [2.45, 2.75) is 89.3 Å². The van der Waals surface area contributed by atoms with Crippen LogP contribution in [0.25, 0.3) is 11.1 Å². The zero-order chi connectivity index (χ0) is 22.7. The highest BCUT2D eigenvalue weighted by atomic mass is 16.5. The second-order valence-corrected chi connectivity index (χ2v) is 11.9. The van der Waals surface area contributed by atoms with Crippen molar-refractivity contribution < 1.29 is 4.74 Å². The maximum atomic E-state index is 13.9. The Hall–Kier alpha value is -1.98. The van der Waals surface area contributed by atoms with E-state index in [1.54, 1.807) is 0 Å².